The van der Waals surface area contributed by atoms with Crippen molar-refractivity contribution >= 4 is 28.3 Å². The summed E-state index contributed by atoms with van der Waals surface area (Å²) in [6.07, 6.45) is 1.56. The number of carboxylic acid groups (broad SMARTS) is 1. The Kier molecular flexibility index (Phi) is 5.24. The molecule has 0 bridgehead atoms. The van der Waals surface area contributed by atoms with Crippen molar-refractivity contribution in [2.24, 2.45) is 0 Å². The topological polar surface area (TPSA) is 46.5 Å². The average Bonchev–Trinajstić information content (AvgIpc) is 2.46. The van der Waals surface area contributed by atoms with Crippen molar-refractivity contribution in [3.05, 3.63) is 42.0 Å². The molecule has 1 N–H and O–H groups in total. The zero-order valence-corrected chi connectivity index (χ0v) is 11.9. The Morgan fingerprint density at radius 1 is 1.10 bits per heavy atom. The van der Waals surface area contributed by atoms with E-state index in [0.29, 0.717) is 18.9 Å². The number of benzene rings is 2. The number of hydrogen-bond acceptors (Lipinski definition) is 2. The first-order chi connectivity index (χ1) is 9.72. The maximum absolute atomic E-state index is 10.4. The predicted molar refractivity (Wildman–Crippen MR) is 80.5 cm³/mol. The van der Waals surface area contributed by atoms with Crippen LogP contribution in [0.15, 0.2) is 36.4 Å². The van der Waals surface area contributed by atoms with Crippen LogP contribution in [0.2, 0.25) is 0 Å². The highest BCUT2D eigenvalue weighted by molar-refractivity contribution is 6.18. The summed E-state index contributed by atoms with van der Waals surface area (Å²) >= 11 is 5.94. The molecule has 0 heterocycles. The summed E-state index contributed by atoms with van der Waals surface area (Å²) in [5.41, 5.74) is 1.08. The van der Waals surface area contributed by atoms with E-state index in [9.17, 15) is 4.79 Å². The van der Waals surface area contributed by atoms with Crippen molar-refractivity contribution in [3.63, 3.8) is 0 Å². The molecule has 20 heavy (non-hydrogen) atoms. The first-order valence-corrected chi connectivity index (χ1v) is 7.17. The SMILES string of the molecule is O=C(O)CCCCOc1ccc(CCl)c2ccccc12. The van der Waals surface area contributed by atoms with E-state index < -0.39 is 5.97 Å². The molecule has 0 saturated heterocycles. The fourth-order valence-corrected chi connectivity index (χ4v) is 2.37. The standard InChI is InChI=1S/C16H17ClO3/c17-11-12-8-9-15(14-6-2-1-5-13(12)14)20-10-4-3-7-16(18)19/h1-2,5-6,8-9H,3-4,7,10-11H2,(H,18,19). The smallest absolute Gasteiger partial charge is 0.303 e. The quantitative estimate of drug-likeness (QED) is 0.614. The van der Waals surface area contributed by atoms with Crippen molar-refractivity contribution in [3.8, 4) is 5.75 Å². The van der Waals surface area contributed by atoms with Crippen LogP contribution in [-0.2, 0) is 10.7 Å². The molecule has 2 aromatic rings. The van der Waals surface area contributed by atoms with Gasteiger partial charge in [-0.2, -0.15) is 0 Å². The molecule has 0 aliphatic rings. The maximum Gasteiger partial charge on any atom is 0.303 e. The fraction of sp³-hybridized carbons (Fsp3) is 0.312. The summed E-state index contributed by atoms with van der Waals surface area (Å²) in [6.45, 7) is 0.525. The van der Waals surface area contributed by atoms with E-state index in [1.165, 1.54) is 0 Å². The molecule has 2 aromatic carbocycles. The lowest BCUT2D eigenvalue weighted by atomic mass is 10.0. The van der Waals surface area contributed by atoms with Gasteiger partial charge in [-0.15, -0.1) is 11.6 Å². The highest BCUT2D eigenvalue weighted by atomic mass is 35.5. The Morgan fingerprint density at radius 2 is 1.85 bits per heavy atom. The van der Waals surface area contributed by atoms with Crippen LogP contribution in [0.5, 0.6) is 5.75 Å². The predicted octanol–water partition coefficient (Wildman–Crippen LogP) is 4.21. The van der Waals surface area contributed by atoms with Crippen LogP contribution in [0.1, 0.15) is 24.8 Å². The van der Waals surface area contributed by atoms with E-state index >= 15 is 0 Å². The Bertz CT molecular complexity index is 595. The summed E-state index contributed by atoms with van der Waals surface area (Å²) in [4.78, 5) is 10.4. The first-order valence-electron chi connectivity index (χ1n) is 6.63. The normalized spacial score (nSPS) is 10.7. The second-order valence-corrected chi connectivity index (χ2v) is 4.87. The molecule has 0 fully saturated rings. The molecule has 0 atom stereocenters. The van der Waals surface area contributed by atoms with Crippen LogP contribution in [0, 0.1) is 0 Å². The number of aliphatic carboxylic acids is 1. The molecule has 0 spiro atoms. The van der Waals surface area contributed by atoms with Crippen molar-refractivity contribution in [1.29, 1.82) is 0 Å². The highest BCUT2D eigenvalue weighted by Gasteiger charge is 2.06. The number of rotatable bonds is 7. The molecule has 0 unspecified atom stereocenters. The molecule has 0 aliphatic carbocycles. The number of carbonyl (C=O) groups is 1. The molecule has 4 heteroatoms. The van der Waals surface area contributed by atoms with Crippen molar-refractivity contribution < 1.29 is 14.6 Å². The number of carboxylic acids is 1. The third-order valence-corrected chi connectivity index (χ3v) is 3.45. The summed E-state index contributed by atoms with van der Waals surface area (Å²) in [7, 11) is 0. The van der Waals surface area contributed by atoms with Gasteiger partial charge in [-0.3, -0.25) is 4.79 Å². The van der Waals surface area contributed by atoms with Crippen LogP contribution in [-0.4, -0.2) is 17.7 Å². The van der Waals surface area contributed by atoms with Gasteiger partial charge >= 0.3 is 5.97 Å². The lowest BCUT2D eigenvalue weighted by Crippen LogP contribution is -2.01. The van der Waals surface area contributed by atoms with Crippen LogP contribution in [0.25, 0.3) is 10.8 Å². The van der Waals surface area contributed by atoms with Gasteiger partial charge in [0.05, 0.1) is 6.61 Å². The Hall–Kier alpha value is -1.74. The summed E-state index contributed by atoms with van der Waals surface area (Å²) in [6, 6.07) is 11.9. The molecule has 0 aliphatic heterocycles. The molecule has 0 amide bonds. The minimum atomic E-state index is -0.762. The van der Waals surface area contributed by atoms with Crippen molar-refractivity contribution in [2.45, 2.75) is 25.1 Å². The minimum absolute atomic E-state index is 0.190. The van der Waals surface area contributed by atoms with Gasteiger partial charge in [0.25, 0.3) is 0 Å². The van der Waals surface area contributed by atoms with E-state index in [1.54, 1.807) is 0 Å². The lowest BCUT2D eigenvalue weighted by Gasteiger charge is -2.11. The maximum atomic E-state index is 10.4. The molecule has 2 rings (SSSR count). The molecule has 0 saturated carbocycles. The van der Waals surface area contributed by atoms with E-state index in [1.807, 2.05) is 36.4 Å². The average molecular weight is 293 g/mol. The van der Waals surface area contributed by atoms with Crippen LogP contribution < -0.4 is 4.74 Å². The van der Waals surface area contributed by atoms with E-state index in [-0.39, 0.29) is 6.42 Å². The largest absolute Gasteiger partial charge is 0.493 e. The van der Waals surface area contributed by atoms with E-state index in [2.05, 4.69) is 0 Å². The van der Waals surface area contributed by atoms with Crippen LogP contribution in [0.4, 0.5) is 0 Å². The van der Waals surface area contributed by atoms with Gasteiger partial charge in [-0.25, -0.2) is 0 Å². The second kappa shape index (κ2) is 7.15. The Morgan fingerprint density at radius 3 is 2.55 bits per heavy atom. The number of hydrogen-bond donors (Lipinski definition) is 1. The highest BCUT2D eigenvalue weighted by Crippen LogP contribution is 2.29. The summed E-state index contributed by atoms with van der Waals surface area (Å²) in [5.74, 6) is 0.533. The van der Waals surface area contributed by atoms with Crippen molar-refractivity contribution in [2.75, 3.05) is 6.61 Å². The Balaban J connectivity index is 2.05. The zero-order valence-electron chi connectivity index (χ0n) is 11.1. The van der Waals surface area contributed by atoms with E-state index in [0.717, 1.165) is 28.5 Å². The number of unbranched alkanes of at least 4 members (excludes halogenated alkanes) is 1. The van der Waals surface area contributed by atoms with Gasteiger partial charge in [0.2, 0.25) is 0 Å². The fourth-order valence-electron chi connectivity index (χ4n) is 2.14. The first kappa shape index (κ1) is 14.7. The third-order valence-electron chi connectivity index (χ3n) is 3.16. The number of ether oxygens (including phenoxy) is 1. The molecule has 0 aromatic heterocycles. The summed E-state index contributed by atoms with van der Waals surface area (Å²) in [5, 5.41) is 10.7. The summed E-state index contributed by atoms with van der Waals surface area (Å²) < 4.78 is 5.76. The second-order valence-electron chi connectivity index (χ2n) is 4.60. The molecule has 3 nitrogen and oxygen atoms in total. The monoisotopic (exact) mass is 292 g/mol. The number of fused-ring (bicyclic) bond motifs is 1. The van der Waals surface area contributed by atoms with Gasteiger partial charge in [-0.05, 0) is 29.9 Å². The van der Waals surface area contributed by atoms with Crippen molar-refractivity contribution in [1.82, 2.24) is 0 Å². The number of alkyl halides is 1. The molecular formula is C16H17ClO3. The molecule has 0 radical (unpaired) electrons. The Labute approximate surface area is 123 Å². The van der Waals surface area contributed by atoms with Crippen LogP contribution in [0.3, 0.4) is 0 Å². The van der Waals surface area contributed by atoms with Crippen LogP contribution >= 0.6 is 11.6 Å². The van der Waals surface area contributed by atoms with Gasteiger partial charge in [0.1, 0.15) is 5.75 Å². The van der Waals surface area contributed by atoms with Gasteiger partial charge in [0, 0.05) is 17.7 Å². The molecule has 106 valence electrons. The number of halogens is 1. The van der Waals surface area contributed by atoms with Gasteiger partial charge < -0.3 is 9.84 Å². The third kappa shape index (κ3) is 3.64. The van der Waals surface area contributed by atoms with Gasteiger partial charge in [0.15, 0.2) is 0 Å². The van der Waals surface area contributed by atoms with Gasteiger partial charge in [-0.1, -0.05) is 30.3 Å². The minimum Gasteiger partial charge on any atom is -0.493 e. The zero-order chi connectivity index (χ0) is 14.4. The lowest BCUT2D eigenvalue weighted by molar-refractivity contribution is -0.137. The molecular weight excluding hydrogens is 276 g/mol. The van der Waals surface area contributed by atoms with E-state index in [4.69, 9.17) is 21.4 Å².